The van der Waals surface area contributed by atoms with Gasteiger partial charge < -0.3 is 9.84 Å². The smallest absolute Gasteiger partial charge is 0.335 e. The molecule has 0 saturated carbocycles. The molecule has 0 aliphatic rings. The van der Waals surface area contributed by atoms with E-state index in [0.29, 0.717) is 5.69 Å². The van der Waals surface area contributed by atoms with Crippen molar-refractivity contribution in [2.75, 3.05) is 11.8 Å². The predicted octanol–water partition coefficient (Wildman–Crippen LogP) is 2.81. The SMILES string of the molecule is COc1ccc(C(=O)O)cc1S(=O)(=O)Nc1c(C)cccc1C. The molecule has 0 bridgehead atoms. The number of anilines is 1. The van der Waals surface area contributed by atoms with E-state index < -0.39 is 16.0 Å². The first-order chi connectivity index (χ1) is 10.8. The average molecular weight is 335 g/mol. The highest BCUT2D eigenvalue weighted by Gasteiger charge is 2.23. The number of benzene rings is 2. The zero-order chi connectivity index (χ0) is 17.2. The topological polar surface area (TPSA) is 92.7 Å². The van der Waals surface area contributed by atoms with Crippen molar-refractivity contribution in [3.8, 4) is 5.75 Å². The van der Waals surface area contributed by atoms with E-state index in [4.69, 9.17) is 9.84 Å². The Bertz CT molecular complexity index is 839. The number of carboxylic acids is 1. The number of hydrogen-bond donors (Lipinski definition) is 2. The van der Waals surface area contributed by atoms with Gasteiger partial charge in [0.15, 0.2) is 0 Å². The van der Waals surface area contributed by atoms with Crippen LogP contribution in [0.2, 0.25) is 0 Å². The minimum Gasteiger partial charge on any atom is -0.495 e. The molecule has 6 nitrogen and oxygen atoms in total. The monoisotopic (exact) mass is 335 g/mol. The Morgan fingerprint density at radius 1 is 1.13 bits per heavy atom. The first-order valence-electron chi connectivity index (χ1n) is 6.76. The maximum atomic E-state index is 12.7. The fourth-order valence-electron chi connectivity index (χ4n) is 2.18. The van der Waals surface area contributed by atoms with Crippen LogP contribution in [-0.4, -0.2) is 26.6 Å². The van der Waals surface area contributed by atoms with Crippen LogP contribution in [0.25, 0.3) is 0 Å². The average Bonchev–Trinajstić information content (AvgIpc) is 2.50. The lowest BCUT2D eigenvalue weighted by Gasteiger charge is -2.15. The molecule has 7 heteroatoms. The number of aromatic carboxylic acids is 1. The van der Waals surface area contributed by atoms with E-state index in [1.165, 1.54) is 19.2 Å². The number of para-hydroxylation sites is 1. The highest BCUT2D eigenvalue weighted by Crippen LogP contribution is 2.29. The number of rotatable bonds is 5. The first-order valence-corrected chi connectivity index (χ1v) is 8.25. The zero-order valence-electron chi connectivity index (χ0n) is 13.0. The van der Waals surface area contributed by atoms with Crippen molar-refractivity contribution >= 4 is 21.7 Å². The molecule has 2 aromatic rings. The van der Waals surface area contributed by atoms with Gasteiger partial charge in [-0.15, -0.1) is 0 Å². The van der Waals surface area contributed by atoms with Crippen molar-refractivity contribution in [1.29, 1.82) is 0 Å². The number of carboxylic acid groups (broad SMARTS) is 1. The van der Waals surface area contributed by atoms with Gasteiger partial charge in [0.05, 0.1) is 18.4 Å². The summed E-state index contributed by atoms with van der Waals surface area (Å²) < 4.78 is 32.9. The number of methoxy groups -OCH3 is 1. The van der Waals surface area contributed by atoms with Gasteiger partial charge in [-0.25, -0.2) is 13.2 Å². The molecule has 0 aliphatic carbocycles. The second-order valence-electron chi connectivity index (χ2n) is 5.04. The van der Waals surface area contributed by atoms with Crippen LogP contribution < -0.4 is 9.46 Å². The predicted molar refractivity (Wildman–Crippen MR) is 86.7 cm³/mol. The van der Waals surface area contributed by atoms with Gasteiger partial charge in [0.2, 0.25) is 0 Å². The van der Waals surface area contributed by atoms with Crippen LogP contribution in [0.3, 0.4) is 0 Å². The summed E-state index contributed by atoms with van der Waals surface area (Å²) in [5.41, 5.74) is 1.87. The van der Waals surface area contributed by atoms with E-state index in [1.807, 2.05) is 6.07 Å². The second-order valence-corrected chi connectivity index (χ2v) is 6.69. The highest BCUT2D eigenvalue weighted by molar-refractivity contribution is 7.92. The van der Waals surface area contributed by atoms with Gasteiger partial charge in [-0.2, -0.15) is 0 Å². The fourth-order valence-corrected chi connectivity index (χ4v) is 3.58. The van der Waals surface area contributed by atoms with Gasteiger partial charge in [-0.1, -0.05) is 18.2 Å². The number of sulfonamides is 1. The largest absolute Gasteiger partial charge is 0.495 e. The van der Waals surface area contributed by atoms with Crippen LogP contribution in [0.15, 0.2) is 41.3 Å². The van der Waals surface area contributed by atoms with Crippen molar-refractivity contribution in [3.05, 3.63) is 53.1 Å². The molecular weight excluding hydrogens is 318 g/mol. The van der Waals surface area contributed by atoms with Crippen molar-refractivity contribution in [2.24, 2.45) is 0 Å². The molecule has 0 amide bonds. The van der Waals surface area contributed by atoms with Gasteiger partial charge >= 0.3 is 5.97 Å². The van der Waals surface area contributed by atoms with Gasteiger partial charge in [0, 0.05) is 0 Å². The van der Waals surface area contributed by atoms with Crippen molar-refractivity contribution in [3.63, 3.8) is 0 Å². The van der Waals surface area contributed by atoms with Gasteiger partial charge in [0.25, 0.3) is 10.0 Å². The molecule has 0 aromatic heterocycles. The molecule has 2 aromatic carbocycles. The Morgan fingerprint density at radius 2 is 1.74 bits per heavy atom. The third-order valence-electron chi connectivity index (χ3n) is 3.42. The molecule has 2 rings (SSSR count). The summed E-state index contributed by atoms with van der Waals surface area (Å²) in [5, 5.41) is 9.06. The summed E-state index contributed by atoms with van der Waals surface area (Å²) in [6.07, 6.45) is 0. The molecule has 0 radical (unpaired) electrons. The van der Waals surface area contributed by atoms with Crippen LogP contribution in [0.4, 0.5) is 5.69 Å². The summed E-state index contributed by atoms with van der Waals surface area (Å²) in [6.45, 7) is 3.57. The molecule has 0 saturated heterocycles. The Kier molecular flexibility index (Phi) is 4.60. The van der Waals surface area contributed by atoms with E-state index in [0.717, 1.165) is 17.2 Å². The lowest BCUT2D eigenvalue weighted by atomic mass is 10.1. The van der Waals surface area contributed by atoms with Crippen LogP contribution >= 0.6 is 0 Å². The standard InChI is InChI=1S/C16H17NO5S/c1-10-5-4-6-11(2)15(10)17-23(20,21)14-9-12(16(18)19)7-8-13(14)22-3/h4-9,17H,1-3H3,(H,18,19). The van der Waals surface area contributed by atoms with Crippen LogP contribution in [0, 0.1) is 13.8 Å². The summed E-state index contributed by atoms with van der Waals surface area (Å²) in [5.74, 6) is -1.13. The minimum atomic E-state index is -4.00. The number of carbonyl (C=O) groups is 1. The van der Waals surface area contributed by atoms with Crippen molar-refractivity contribution < 1.29 is 23.1 Å². The Hall–Kier alpha value is -2.54. The molecule has 0 unspecified atom stereocenters. The van der Waals surface area contributed by atoms with E-state index in [1.54, 1.807) is 26.0 Å². The van der Waals surface area contributed by atoms with E-state index in [-0.39, 0.29) is 16.2 Å². The van der Waals surface area contributed by atoms with Crippen molar-refractivity contribution in [1.82, 2.24) is 0 Å². The third kappa shape index (κ3) is 3.45. The molecule has 0 aliphatic heterocycles. The second kappa shape index (κ2) is 6.29. The minimum absolute atomic E-state index is 0.0775. The molecular formula is C16H17NO5S. The number of nitrogens with one attached hydrogen (secondary N) is 1. The maximum absolute atomic E-state index is 12.7. The number of aryl methyl sites for hydroxylation is 2. The van der Waals surface area contributed by atoms with E-state index in [2.05, 4.69) is 4.72 Å². The molecule has 0 atom stereocenters. The normalized spacial score (nSPS) is 11.1. The fraction of sp³-hybridized carbons (Fsp3) is 0.188. The van der Waals surface area contributed by atoms with Gasteiger partial charge in [-0.3, -0.25) is 4.72 Å². The number of ether oxygens (including phenoxy) is 1. The maximum Gasteiger partial charge on any atom is 0.335 e. The van der Waals surface area contributed by atoms with E-state index >= 15 is 0 Å². The molecule has 0 fully saturated rings. The zero-order valence-corrected chi connectivity index (χ0v) is 13.8. The van der Waals surface area contributed by atoms with Gasteiger partial charge in [0.1, 0.15) is 10.6 Å². The third-order valence-corrected chi connectivity index (χ3v) is 4.79. The Morgan fingerprint density at radius 3 is 2.26 bits per heavy atom. The molecule has 0 heterocycles. The van der Waals surface area contributed by atoms with Gasteiger partial charge in [-0.05, 0) is 43.2 Å². The quantitative estimate of drug-likeness (QED) is 0.876. The highest BCUT2D eigenvalue weighted by atomic mass is 32.2. The molecule has 122 valence electrons. The lowest BCUT2D eigenvalue weighted by molar-refractivity contribution is 0.0696. The van der Waals surface area contributed by atoms with Crippen LogP contribution in [0.1, 0.15) is 21.5 Å². The molecule has 23 heavy (non-hydrogen) atoms. The van der Waals surface area contributed by atoms with E-state index in [9.17, 15) is 13.2 Å². The summed E-state index contributed by atoms with van der Waals surface area (Å²) in [6, 6.07) is 9.10. The molecule has 0 spiro atoms. The van der Waals surface area contributed by atoms with Crippen LogP contribution in [0.5, 0.6) is 5.75 Å². The number of hydrogen-bond acceptors (Lipinski definition) is 4. The Balaban J connectivity index is 2.55. The first kappa shape index (κ1) is 16.8. The van der Waals surface area contributed by atoms with Crippen molar-refractivity contribution in [2.45, 2.75) is 18.7 Å². The summed E-state index contributed by atoms with van der Waals surface area (Å²) in [7, 11) is -2.67. The lowest BCUT2D eigenvalue weighted by Crippen LogP contribution is -2.16. The summed E-state index contributed by atoms with van der Waals surface area (Å²) in [4.78, 5) is 10.9. The van der Waals surface area contributed by atoms with Crippen LogP contribution in [-0.2, 0) is 10.0 Å². The summed E-state index contributed by atoms with van der Waals surface area (Å²) >= 11 is 0. The molecule has 2 N–H and O–H groups in total. The Labute approximate surface area is 134 Å².